The lowest BCUT2D eigenvalue weighted by molar-refractivity contribution is -0.121. The van der Waals surface area contributed by atoms with E-state index in [9.17, 15) is 4.79 Å². The van der Waals surface area contributed by atoms with Gasteiger partial charge in [-0.3, -0.25) is 9.78 Å². The molecule has 2 fully saturated rings. The summed E-state index contributed by atoms with van der Waals surface area (Å²) >= 11 is 0. The maximum Gasteiger partial charge on any atom is 0.225 e. The van der Waals surface area contributed by atoms with Crippen LogP contribution in [0.25, 0.3) is 11.3 Å². The van der Waals surface area contributed by atoms with E-state index in [1.54, 1.807) is 0 Å². The minimum atomic E-state index is 0.159. The average Bonchev–Trinajstić information content (AvgIpc) is 3.36. The Balaban J connectivity index is 1.33. The molecule has 2 aromatic heterocycles. The number of aromatic nitrogens is 3. The van der Waals surface area contributed by atoms with Crippen LogP contribution in [-0.4, -0.2) is 54.2 Å². The van der Waals surface area contributed by atoms with Crippen LogP contribution in [0.5, 0.6) is 0 Å². The Morgan fingerprint density at radius 2 is 2.00 bits per heavy atom. The van der Waals surface area contributed by atoms with Gasteiger partial charge in [-0.05, 0) is 63.0 Å². The maximum absolute atomic E-state index is 12.2. The van der Waals surface area contributed by atoms with Crippen molar-refractivity contribution in [3.05, 3.63) is 36.3 Å². The number of pyridine rings is 1. The van der Waals surface area contributed by atoms with E-state index in [0.29, 0.717) is 18.3 Å². The molecule has 2 aliphatic rings. The van der Waals surface area contributed by atoms with Gasteiger partial charge in [-0.15, -0.1) is 0 Å². The van der Waals surface area contributed by atoms with Crippen molar-refractivity contribution in [2.75, 3.05) is 32.1 Å². The molecule has 1 aliphatic heterocycles. The molecule has 2 aromatic rings. The summed E-state index contributed by atoms with van der Waals surface area (Å²) in [6.45, 7) is 1.62. The lowest BCUT2D eigenvalue weighted by Crippen LogP contribution is -2.31. The Morgan fingerprint density at radius 1 is 1.16 bits per heavy atom. The van der Waals surface area contributed by atoms with Gasteiger partial charge in [0.05, 0.1) is 17.5 Å². The first-order valence-electron chi connectivity index (χ1n) is 11.9. The molecule has 0 spiro atoms. The van der Waals surface area contributed by atoms with Crippen molar-refractivity contribution in [2.45, 2.75) is 63.4 Å². The van der Waals surface area contributed by atoms with Crippen molar-refractivity contribution in [1.29, 1.82) is 0 Å². The van der Waals surface area contributed by atoms with Crippen molar-refractivity contribution < 1.29 is 9.53 Å². The van der Waals surface area contributed by atoms with Crippen LogP contribution in [0.3, 0.4) is 0 Å². The third kappa shape index (κ3) is 5.82. The molecule has 0 radical (unpaired) electrons. The fourth-order valence-corrected chi connectivity index (χ4v) is 4.78. The summed E-state index contributed by atoms with van der Waals surface area (Å²) in [6, 6.07) is 5.96. The van der Waals surface area contributed by atoms with E-state index < -0.39 is 0 Å². The molecule has 1 N–H and O–H groups in total. The third-order valence-electron chi connectivity index (χ3n) is 6.69. The van der Waals surface area contributed by atoms with Crippen molar-refractivity contribution >= 4 is 11.9 Å². The number of rotatable bonds is 8. The topological polar surface area (TPSA) is 80.2 Å². The first kappa shape index (κ1) is 22.6. The van der Waals surface area contributed by atoms with Crippen LogP contribution in [0, 0.1) is 5.92 Å². The highest BCUT2D eigenvalue weighted by molar-refractivity contribution is 5.75. The average molecular weight is 438 g/mol. The molecule has 1 amide bonds. The Labute approximate surface area is 191 Å². The number of nitrogens with one attached hydrogen (secondary N) is 1. The van der Waals surface area contributed by atoms with Gasteiger partial charge in [0.1, 0.15) is 0 Å². The molecule has 7 heteroatoms. The van der Waals surface area contributed by atoms with Gasteiger partial charge in [0.2, 0.25) is 11.9 Å². The molecule has 1 saturated carbocycles. The first-order chi connectivity index (χ1) is 15.6. The molecule has 32 heavy (non-hydrogen) atoms. The van der Waals surface area contributed by atoms with Crippen LogP contribution in [0.4, 0.5) is 5.95 Å². The van der Waals surface area contributed by atoms with Crippen molar-refractivity contribution in [3.63, 3.8) is 0 Å². The van der Waals surface area contributed by atoms with Crippen LogP contribution in [0.1, 0.15) is 63.0 Å². The summed E-state index contributed by atoms with van der Waals surface area (Å²) < 4.78 is 5.62. The number of ether oxygens (including phenoxy) is 1. The fraction of sp³-hybridized carbons (Fsp3) is 0.600. The summed E-state index contributed by atoms with van der Waals surface area (Å²) in [7, 11) is 3.94. The summed E-state index contributed by atoms with van der Waals surface area (Å²) in [5.41, 5.74) is 3.05. The molecular formula is C25H35N5O2. The third-order valence-corrected chi connectivity index (χ3v) is 6.69. The van der Waals surface area contributed by atoms with Crippen LogP contribution >= 0.6 is 0 Å². The van der Waals surface area contributed by atoms with Crippen molar-refractivity contribution in [3.8, 4) is 11.3 Å². The molecule has 3 heterocycles. The minimum Gasteiger partial charge on any atom is -0.378 e. The molecule has 0 unspecified atom stereocenters. The number of amides is 1. The highest BCUT2D eigenvalue weighted by Gasteiger charge is 2.27. The summed E-state index contributed by atoms with van der Waals surface area (Å²) in [5, 5.41) is 3.16. The number of carbonyl (C=O) groups is 1. The zero-order chi connectivity index (χ0) is 22.3. The van der Waals surface area contributed by atoms with E-state index in [0.717, 1.165) is 81.0 Å². The van der Waals surface area contributed by atoms with Gasteiger partial charge >= 0.3 is 0 Å². The van der Waals surface area contributed by atoms with Gasteiger partial charge in [-0.25, -0.2) is 9.97 Å². The van der Waals surface area contributed by atoms with Crippen LogP contribution in [0.2, 0.25) is 0 Å². The maximum atomic E-state index is 12.2. The van der Waals surface area contributed by atoms with E-state index >= 15 is 0 Å². The quantitative estimate of drug-likeness (QED) is 0.673. The van der Waals surface area contributed by atoms with E-state index in [2.05, 4.69) is 15.3 Å². The highest BCUT2D eigenvalue weighted by atomic mass is 16.5. The molecule has 172 valence electrons. The van der Waals surface area contributed by atoms with Crippen LogP contribution < -0.4 is 10.2 Å². The second kappa shape index (κ2) is 10.9. The predicted octanol–water partition coefficient (Wildman–Crippen LogP) is 3.95. The molecule has 1 saturated heterocycles. The number of hydrogen-bond acceptors (Lipinski definition) is 6. The highest BCUT2D eigenvalue weighted by Crippen LogP contribution is 2.38. The number of hydrogen-bond donors (Lipinski definition) is 1. The lowest BCUT2D eigenvalue weighted by Gasteiger charge is -2.29. The molecular weight excluding hydrogens is 402 g/mol. The Morgan fingerprint density at radius 3 is 2.69 bits per heavy atom. The van der Waals surface area contributed by atoms with E-state index in [4.69, 9.17) is 9.72 Å². The Bertz CT molecular complexity index is 875. The monoisotopic (exact) mass is 437 g/mol. The van der Waals surface area contributed by atoms with E-state index in [-0.39, 0.29) is 12.0 Å². The Kier molecular flexibility index (Phi) is 7.68. The Hall–Kier alpha value is -2.54. The van der Waals surface area contributed by atoms with Gasteiger partial charge < -0.3 is 15.0 Å². The number of carbonyl (C=O) groups excluding carboxylic acids is 1. The van der Waals surface area contributed by atoms with Crippen LogP contribution in [-0.2, 0) is 9.53 Å². The summed E-state index contributed by atoms with van der Waals surface area (Å²) in [4.78, 5) is 28.2. The van der Waals surface area contributed by atoms with Crippen LogP contribution in [0.15, 0.2) is 30.6 Å². The molecule has 0 aromatic carbocycles. The predicted molar refractivity (Wildman–Crippen MR) is 126 cm³/mol. The number of anilines is 1. The van der Waals surface area contributed by atoms with Gasteiger partial charge in [-0.1, -0.05) is 6.07 Å². The molecule has 1 atom stereocenters. The zero-order valence-corrected chi connectivity index (χ0v) is 19.3. The van der Waals surface area contributed by atoms with E-state index in [1.165, 1.54) is 0 Å². The smallest absolute Gasteiger partial charge is 0.225 e. The van der Waals surface area contributed by atoms with Gasteiger partial charge in [0.15, 0.2) is 0 Å². The molecule has 7 nitrogen and oxygen atoms in total. The lowest BCUT2D eigenvalue weighted by atomic mass is 9.79. The normalized spacial score (nSPS) is 23.1. The second-order valence-electron chi connectivity index (χ2n) is 9.27. The van der Waals surface area contributed by atoms with Gasteiger partial charge in [-0.2, -0.15) is 0 Å². The van der Waals surface area contributed by atoms with E-state index in [1.807, 2.05) is 49.6 Å². The van der Waals surface area contributed by atoms with Crippen molar-refractivity contribution in [2.24, 2.45) is 5.92 Å². The summed E-state index contributed by atoms with van der Waals surface area (Å²) in [6.07, 6.45) is 12.0. The summed E-state index contributed by atoms with van der Waals surface area (Å²) in [5.74, 6) is 1.82. The number of nitrogens with zero attached hydrogens (tertiary/aromatic N) is 4. The zero-order valence-electron chi connectivity index (χ0n) is 19.3. The molecule has 1 aliphatic carbocycles. The first-order valence-corrected chi connectivity index (χ1v) is 11.9. The standard InChI is InChI=1S/C25H35N5O2/c1-30(2)25-28-17-21(22-7-3-4-14-26-22)24(29-25)19-10-8-18(9-11-19)16-27-23(31)13-12-20-6-5-15-32-20/h3-4,7,14,17-20H,5-6,8-13,15-16H2,1-2H3,(H,27,31)/t18?,19?,20-/m1/s1. The van der Waals surface area contributed by atoms with Gasteiger partial charge in [0, 0.05) is 57.5 Å². The second-order valence-corrected chi connectivity index (χ2v) is 9.27. The van der Waals surface area contributed by atoms with Crippen molar-refractivity contribution in [1.82, 2.24) is 20.3 Å². The minimum absolute atomic E-state index is 0.159. The SMILES string of the molecule is CN(C)c1ncc(-c2ccccn2)c(C2CCC(CNC(=O)CC[C@H]3CCCO3)CC2)n1. The molecule has 0 bridgehead atoms. The largest absolute Gasteiger partial charge is 0.378 e. The molecule has 4 rings (SSSR count). The fourth-order valence-electron chi connectivity index (χ4n) is 4.78. The van der Waals surface area contributed by atoms with Gasteiger partial charge in [0.25, 0.3) is 0 Å².